The second-order valence-corrected chi connectivity index (χ2v) is 8.99. The maximum Gasteiger partial charge on any atom is 0.321 e. The van der Waals surface area contributed by atoms with E-state index in [0.29, 0.717) is 25.1 Å². The van der Waals surface area contributed by atoms with Crippen LogP contribution in [0.25, 0.3) is 0 Å². The van der Waals surface area contributed by atoms with Crippen LogP contribution in [-0.2, 0) is 24.3 Å². The molecule has 0 aromatic heterocycles. The van der Waals surface area contributed by atoms with Crippen molar-refractivity contribution in [2.75, 3.05) is 25.1 Å². The molecule has 0 unspecified atom stereocenters. The molecule has 0 radical (unpaired) electrons. The Kier molecular flexibility index (Phi) is 6.89. The van der Waals surface area contributed by atoms with Crippen molar-refractivity contribution in [1.82, 2.24) is 4.31 Å². The van der Waals surface area contributed by atoms with Crippen LogP contribution in [0.2, 0.25) is 0 Å². The second kappa shape index (κ2) is 9.40. The molecule has 3 rings (SSSR count). The lowest BCUT2D eigenvalue weighted by Crippen LogP contribution is -2.39. The Morgan fingerprint density at radius 1 is 1.13 bits per heavy atom. The third kappa shape index (κ3) is 4.55. The number of hydrogen-bond donors (Lipinski definition) is 0. The average Bonchev–Trinajstić information content (AvgIpc) is 3.20. The van der Waals surface area contributed by atoms with E-state index in [-0.39, 0.29) is 10.8 Å². The van der Waals surface area contributed by atoms with Gasteiger partial charge in [0.05, 0.1) is 18.0 Å². The van der Waals surface area contributed by atoms with Crippen LogP contribution in [0.3, 0.4) is 0 Å². The van der Waals surface area contributed by atoms with Crippen molar-refractivity contribution in [3.63, 3.8) is 0 Å². The molecule has 0 spiro atoms. The molecule has 2 aromatic carbocycles. The van der Waals surface area contributed by atoms with E-state index in [1.54, 1.807) is 17.0 Å². The summed E-state index contributed by atoms with van der Waals surface area (Å²) in [6, 6.07) is 14.9. The van der Waals surface area contributed by atoms with Crippen molar-refractivity contribution < 1.29 is 22.7 Å². The lowest BCUT2D eigenvalue weighted by Gasteiger charge is -2.30. The quantitative estimate of drug-likeness (QED) is 0.601. The molecule has 1 saturated heterocycles. The first-order valence-electron chi connectivity index (χ1n) is 9.92. The molecule has 1 heterocycles. The van der Waals surface area contributed by atoms with Crippen molar-refractivity contribution in [2.45, 2.75) is 37.1 Å². The van der Waals surface area contributed by atoms with E-state index in [1.165, 1.54) is 23.5 Å². The first-order valence-corrected chi connectivity index (χ1v) is 11.4. The molecule has 0 saturated carbocycles. The summed E-state index contributed by atoms with van der Waals surface area (Å²) in [5.74, 6) is -0.597. The first-order chi connectivity index (χ1) is 14.4. The summed E-state index contributed by atoms with van der Waals surface area (Å²) in [6.45, 7) is 2.11. The number of rotatable bonds is 8. The van der Waals surface area contributed by atoms with Gasteiger partial charge in [-0.3, -0.25) is 9.59 Å². The van der Waals surface area contributed by atoms with Crippen molar-refractivity contribution in [2.24, 2.45) is 0 Å². The SMILES string of the molecule is CC[C@@H](c1ccccc1)N(CC(=O)OC)S(=O)(=O)c1ccc(N2CCCC2=O)cc1. The molecular weight excluding hydrogens is 404 g/mol. The Morgan fingerprint density at radius 3 is 2.33 bits per heavy atom. The third-order valence-corrected chi connectivity index (χ3v) is 7.13. The van der Waals surface area contributed by atoms with E-state index in [1.807, 2.05) is 37.3 Å². The van der Waals surface area contributed by atoms with Crippen LogP contribution in [0.4, 0.5) is 5.69 Å². The summed E-state index contributed by atoms with van der Waals surface area (Å²) >= 11 is 0. The highest BCUT2D eigenvalue weighted by atomic mass is 32.2. The van der Waals surface area contributed by atoms with E-state index in [9.17, 15) is 18.0 Å². The van der Waals surface area contributed by atoms with Gasteiger partial charge in [0.1, 0.15) is 6.54 Å². The Bertz CT molecular complexity index is 990. The van der Waals surface area contributed by atoms with E-state index in [0.717, 1.165) is 12.0 Å². The number of hydrogen-bond acceptors (Lipinski definition) is 5. The number of carbonyl (C=O) groups is 2. The van der Waals surface area contributed by atoms with Gasteiger partial charge in [-0.25, -0.2) is 8.42 Å². The van der Waals surface area contributed by atoms with Crippen LogP contribution in [0.1, 0.15) is 37.8 Å². The zero-order valence-electron chi connectivity index (χ0n) is 17.2. The molecule has 1 aliphatic rings. The van der Waals surface area contributed by atoms with Crippen LogP contribution in [-0.4, -0.2) is 44.8 Å². The topological polar surface area (TPSA) is 84.0 Å². The minimum Gasteiger partial charge on any atom is -0.468 e. The standard InChI is InChI=1S/C22H26N2O5S/c1-3-20(17-8-5-4-6-9-17)24(16-22(26)29-2)30(27,28)19-13-11-18(12-14-19)23-15-7-10-21(23)25/h4-6,8-9,11-14,20H,3,7,10,15-16H2,1-2H3/t20-/m0/s1. The molecule has 1 fully saturated rings. The van der Waals surface area contributed by atoms with Gasteiger partial charge in [0.25, 0.3) is 0 Å². The number of amides is 1. The highest BCUT2D eigenvalue weighted by Gasteiger charge is 2.34. The Morgan fingerprint density at radius 2 is 1.80 bits per heavy atom. The predicted molar refractivity (Wildman–Crippen MR) is 113 cm³/mol. The summed E-state index contributed by atoms with van der Waals surface area (Å²) < 4.78 is 32.9. The summed E-state index contributed by atoms with van der Waals surface area (Å²) in [5, 5.41) is 0. The predicted octanol–water partition coefficient (Wildman–Crippen LogP) is 3.13. The van der Waals surface area contributed by atoms with Gasteiger partial charge >= 0.3 is 5.97 Å². The van der Waals surface area contributed by atoms with Crippen LogP contribution in [0.15, 0.2) is 59.5 Å². The number of sulfonamides is 1. The number of nitrogens with zero attached hydrogens (tertiary/aromatic N) is 2. The lowest BCUT2D eigenvalue weighted by molar-refractivity contribution is -0.141. The van der Waals surface area contributed by atoms with Crippen molar-refractivity contribution >= 4 is 27.6 Å². The largest absolute Gasteiger partial charge is 0.468 e. The van der Waals surface area contributed by atoms with Crippen molar-refractivity contribution in [1.29, 1.82) is 0 Å². The molecule has 160 valence electrons. The van der Waals surface area contributed by atoms with Gasteiger partial charge in [-0.15, -0.1) is 0 Å². The number of ether oxygens (including phenoxy) is 1. The maximum atomic E-state index is 13.5. The van der Waals surface area contributed by atoms with Gasteiger partial charge in [0.15, 0.2) is 0 Å². The van der Waals surface area contributed by atoms with Gasteiger partial charge in [-0.2, -0.15) is 4.31 Å². The zero-order valence-corrected chi connectivity index (χ0v) is 18.0. The van der Waals surface area contributed by atoms with Gasteiger partial charge in [-0.1, -0.05) is 37.3 Å². The normalized spacial score (nSPS) is 15.4. The van der Waals surface area contributed by atoms with Crippen LogP contribution >= 0.6 is 0 Å². The molecule has 2 aromatic rings. The smallest absolute Gasteiger partial charge is 0.321 e. The first kappa shape index (κ1) is 22.0. The molecule has 7 nitrogen and oxygen atoms in total. The number of esters is 1. The van der Waals surface area contributed by atoms with E-state index in [2.05, 4.69) is 0 Å². The van der Waals surface area contributed by atoms with Crippen LogP contribution < -0.4 is 4.90 Å². The van der Waals surface area contributed by atoms with Gasteiger partial charge in [0.2, 0.25) is 15.9 Å². The Balaban J connectivity index is 1.96. The second-order valence-electron chi connectivity index (χ2n) is 7.10. The monoisotopic (exact) mass is 430 g/mol. The fourth-order valence-electron chi connectivity index (χ4n) is 3.69. The number of methoxy groups -OCH3 is 1. The summed E-state index contributed by atoms with van der Waals surface area (Å²) in [4.78, 5) is 25.7. The fraction of sp³-hybridized carbons (Fsp3) is 0.364. The highest BCUT2D eigenvalue weighted by Crippen LogP contribution is 2.31. The third-order valence-electron chi connectivity index (χ3n) is 5.26. The van der Waals surface area contributed by atoms with Gasteiger partial charge in [-0.05, 0) is 42.7 Å². The molecule has 0 bridgehead atoms. The van der Waals surface area contributed by atoms with Crippen molar-refractivity contribution in [3.8, 4) is 0 Å². The van der Waals surface area contributed by atoms with E-state index >= 15 is 0 Å². The minimum absolute atomic E-state index is 0.0352. The average molecular weight is 431 g/mol. The molecular formula is C22H26N2O5S. The van der Waals surface area contributed by atoms with E-state index < -0.39 is 28.6 Å². The molecule has 0 N–H and O–H groups in total. The van der Waals surface area contributed by atoms with Crippen molar-refractivity contribution in [3.05, 3.63) is 60.2 Å². The summed E-state index contributed by atoms with van der Waals surface area (Å²) in [5.41, 5.74) is 1.47. The van der Waals surface area contributed by atoms with Crippen LogP contribution in [0.5, 0.6) is 0 Å². The molecule has 1 aliphatic heterocycles. The molecule has 0 aliphatic carbocycles. The van der Waals surface area contributed by atoms with Gasteiger partial charge < -0.3 is 9.64 Å². The maximum absolute atomic E-state index is 13.5. The molecule has 1 amide bonds. The summed E-state index contributed by atoms with van der Waals surface area (Å²) in [7, 11) is -2.76. The Hall–Kier alpha value is -2.71. The fourth-order valence-corrected chi connectivity index (χ4v) is 5.32. The number of benzene rings is 2. The van der Waals surface area contributed by atoms with E-state index in [4.69, 9.17) is 4.74 Å². The molecule has 30 heavy (non-hydrogen) atoms. The number of anilines is 1. The number of carbonyl (C=O) groups excluding carboxylic acids is 2. The summed E-state index contributed by atoms with van der Waals surface area (Å²) in [6.07, 6.45) is 1.78. The van der Waals surface area contributed by atoms with Crippen LogP contribution in [0, 0.1) is 0 Å². The lowest BCUT2D eigenvalue weighted by atomic mass is 10.0. The minimum atomic E-state index is -3.99. The highest BCUT2D eigenvalue weighted by molar-refractivity contribution is 7.89. The molecule has 1 atom stereocenters. The van der Waals surface area contributed by atoms with Gasteiger partial charge in [0, 0.05) is 18.7 Å². The Labute approximate surface area is 177 Å². The molecule has 8 heteroatoms. The zero-order chi connectivity index (χ0) is 21.7.